The van der Waals surface area contributed by atoms with Gasteiger partial charge in [-0.15, -0.1) is 0 Å². The largest absolute Gasteiger partial charge is 0.383 e. The fourth-order valence-electron chi connectivity index (χ4n) is 1.96. The summed E-state index contributed by atoms with van der Waals surface area (Å²) in [5, 5.41) is 0.370. The summed E-state index contributed by atoms with van der Waals surface area (Å²) in [5.74, 6) is 0.00713. The molecule has 2 aromatic rings. The van der Waals surface area contributed by atoms with Crippen LogP contribution in [0.4, 0.5) is 10.2 Å². The highest BCUT2D eigenvalue weighted by molar-refractivity contribution is 6.31. The third-order valence-corrected chi connectivity index (χ3v) is 3.33. The molecule has 0 radical (unpaired) electrons. The number of aryl methyl sites for hydroxylation is 1. The van der Waals surface area contributed by atoms with Crippen LogP contribution in [0.5, 0.6) is 0 Å². The highest BCUT2D eigenvalue weighted by Crippen LogP contribution is 2.26. The number of hydrogen-bond acceptors (Lipinski definition) is 3. The van der Waals surface area contributed by atoms with E-state index >= 15 is 0 Å². The van der Waals surface area contributed by atoms with Gasteiger partial charge in [-0.2, -0.15) is 0 Å². The average molecular weight is 280 g/mol. The van der Waals surface area contributed by atoms with E-state index in [1.807, 2.05) is 13.0 Å². The van der Waals surface area contributed by atoms with Gasteiger partial charge >= 0.3 is 0 Å². The smallest absolute Gasteiger partial charge is 0.128 e. The van der Waals surface area contributed by atoms with Crippen LogP contribution in [0.15, 0.2) is 30.5 Å². The first-order valence-electron chi connectivity index (χ1n) is 5.89. The zero-order chi connectivity index (χ0) is 14.0. The number of benzene rings is 1. The second-order valence-electron chi connectivity index (χ2n) is 4.50. The number of anilines is 1. The summed E-state index contributed by atoms with van der Waals surface area (Å²) in [6.07, 6.45) is 1.95. The van der Waals surface area contributed by atoms with Crippen LogP contribution in [0.2, 0.25) is 5.02 Å². The molecule has 1 aromatic heterocycles. The van der Waals surface area contributed by atoms with Crippen molar-refractivity contribution in [2.75, 3.05) is 5.73 Å². The third kappa shape index (κ3) is 3.03. The molecule has 0 aliphatic carbocycles. The summed E-state index contributed by atoms with van der Waals surface area (Å²) >= 11 is 5.99. The quantitative estimate of drug-likeness (QED) is 0.908. The van der Waals surface area contributed by atoms with E-state index in [4.69, 9.17) is 23.1 Å². The van der Waals surface area contributed by atoms with Gasteiger partial charge in [0.1, 0.15) is 11.6 Å². The minimum atomic E-state index is -0.443. The summed E-state index contributed by atoms with van der Waals surface area (Å²) in [7, 11) is 0. The Labute approximate surface area is 116 Å². The van der Waals surface area contributed by atoms with Crippen LogP contribution in [-0.4, -0.2) is 4.98 Å². The Balaban J connectivity index is 2.31. The number of nitrogen functional groups attached to an aromatic ring is 1. The molecule has 0 saturated carbocycles. The summed E-state index contributed by atoms with van der Waals surface area (Å²) in [5.41, 5.74) is 14.0. The molecule has 0 saturated heterocycles. The highest BCUT2D eigenvalue weighted by atomic mass is 35.5. The van der Waals surface area contributed by atoms with Crippen LogP contribution in [0, 0.1) is 12.7 Å². The van der Waals surface area contributed by atoms with Gasteiger partial charge in [-0.25, -0.2) is 9.37 Å². The molecule has 0 spiro atoms. The van der Waals surface area contributed by atoms with E-state index in [1.165, 1.54) is 6.07 Å². The average Bonchev–Trinajstić information content (AvgIpc) is 2.37. The van der Waals surface area contributed by atoms with Gasteiger partial charge in [-0.05, 0) is 37.1 Å². The van der Waals surface area contributed by atoms with Gasteiger partial charge < -0.3 is 11.5 Å². The Hall–Kier alpha value is -1.65. The zero-order valence-electron chi connectivity index (χ0n) is 10.5. The van der Waals surface area contributed by atoms with Crippen molar-refractivity contribution < 1.29 is 4.39 Å². The summed E-state index contributed by atoms with van der Waals surface area (Å²) in [6, 6.07) is 6.00. The first-order chi connectivity index (χ1) is 8.99. The first-order valence-corrected chi connectivity index (χ1v) is 6.27. The van der Waals surface area contributed by atoms with Crippen LogP contribution < -0.4 is 11.5 Å². The molecule has 0 bridgehead atoms. The van der Waals surface area contributed by atoms with Crippen LogP contribution in [0.3, 0.4) is 0 Å². The van der Waals surface area contributed by atoms with Crippen LogP contribution in [0.1, 0.15) is 22.7 Å². The molecule has 1 aromatic carbocycles. The van der Waals surface area contributed by atoms with Gasteiger partial charge in [0.25, 0.3) is 0 Å². The van der Waals surface area contributed by atoms with Gasteiger partial charge in [-0.1, -0.05) is 17.7 Å². The summed E-state index contributed by atoms with van der Waals surface area (Å²) < 4.78 is 13.7. The summed E-state index contributed by atoms with van der Waals surface area (Å²) in [4.78, 5) is 4.06. The molecule has 0 aliphatic rings. The van der Waals surface area contributed by atoms with E-state index in [0.29, 0.717) is 22.0 Å². The Morgan fingerprint density at radius 1 is 1.42 bits per heavy atom. The van der Waals surface area contributed by atoms with Crippen molar-refractivity contribution >= 4 is 17.4 Å². The fraction of sp³-hybridized carbons (Fsp3) is 0.214. The van der Waals surface area contributed by atoms with E-state index in [-0.39, 0.29) is 12.2 Å². The van der Waals surface area contributed by atoms with Crippen molar-refractivity contribution in [2.45, 2.75) is 19.4 Å². The maximum atomic E-state index is 13.7. The maximum Gasteiger partial charge on any atom is 0.128 e. The number of hydrogen-bond donors (Lipinski definition) is 2. The van der Waals surface area contributed by atoms with E-state index in [2.05, 4.69) is 4.98 Å². The molecular formula is C14H15ClFN3. The lowest BCUT2D eigenvalue weighted by molar-refractivity contribution is 0.593. The Kier molecular flexibility index (Phi) is 4.02. The van der Waals surface area contributed by atoms with Crippen molar-refractivity contribution in [2.24, 2.45) is 5.73 Å². The fourth-order valence-corrected chi connectivity index (χ4v) is 2.20. The molecule has 0 fully saturated rings. The molecule has 1 atom stereocenters. The minimum absolute atomic E-state index is 0.279. The molecule has 100 valence electrons. The second-order valence-corrected chi connectivity index (χ2v) is 4.91. The molecule has 3 nitrogen and oxygen atoms in total. The molecular weight excluding hydrogens is 265 g/mol. The Bertz CT molecular complexity index is 581. The van der Waals surface area contributed by atoms with Crippen molar-refractivity contribution in [1.82, 2.24) is 4.98 Å². The van der Waals surface area contributed by atoms with Gasteiger partial charge in [0.2, 0.25) is 0 Å². The molecule has 1 unspecified atom stereocenters. The molecule has 4 N–H and O–H groups in total. The molecule has 2 rings (SSSR count). The maximum absolute atomic E-state index is 13.7. The van der Waals surface area contributed by atoms with Crippen molar-refractivity contribution in [1.29, 1.82) is 0 Å². The number of rotatable bonds is 3. The van der Waals surface area contributed by atoms with Crippen LogP contribution in [-0.2, 0) is 6.42 Å². The predicted octanol–water partition coefficient (Wildman–Crippen LogP) is 3.01. The van der Waals surface area contributed by atoms with Crippen LogP contribution in [0.25, 0.3) is 0 Å². The molecule has 0 amide bonds. The third-order valence-electron chi connectivity index (χ3n) is 2.97. The van der Waals surface area contributed by atoms with Gasteiger partial charge in [0.15, 0.2) is 0 Å². The molecule has 5 heteroatoms. The van der Waals surface area contributed by atoms with E-state index in [9.17, 15) is 4.39 Å². The predicted molar refractivity (Wildman–Crippen MR) is 75.4 cm³/mol. The van der Waals surface area contributed by atoms with Crippen molar-refractivity contribution in [3.63, 3.8) is 0 Å². The lowest BCUT2D eigenvalue weighted by atomic mass is 9.99. The monoisotopic (exact) mass is 279 g/mol. The highest BCUT2D eigenvalue weighted by Gasteiger charge is 2.16. The van der Waals surface area contributed by atoms with E-state index < -0.39 is 6.04 Å². The van der Waals surface area contributed by atoms with Gasteiger partial charge in [-0.3, -0.25) is 0 Å². The molecule has 1 heterocycles. The number of pyridine rings is 1. The Morgan fingerprint density at radius 3 is 2.84 bits per heavy atom. The molecule has 0 aliphatic heterocycles. The van der Waals surface area contributed by atoms with Gasteiger partial charge in [0, 0.05) is 28.4 Å². The molecule has 19 heavy (non-hydrogen) atoms. The van der Waals surface area contributed by atoms with Gasteiger partial charge in [0.05, 0.1) is 0 Å². The lowest BCUT2D eigenvalue weighted by Crippen LogP contribution is -2.17. The van der Waals surface area contributed by atoms with Crippen molar-refractivity contribution in [3.8, 4) is 0 Å². The first kappa shape index (κ1) is 13.8. The zero-order valence-corrected chi connectivity index (χ0v) is 11.3. The van der Waals surface area contributed by atoms with Crippen molar-refractivity contribution in [3.05, 3.63) is 58.0 Å². The van der Waals surface area contributed by atoms with E-state index in [1.54, 1.807) is 18.3 Å². The minimum Gasteiger partial charge on any atom is -0.383 e. The number of nitrogens with zero attached hydrogens (tertiary/aromatic N) is 1. The topological polar surface area (TPSA) is 64.9 Å². The van der Waals surface area contributed by atoms with Crippen LogP contribution >= 0.6 is 11.6 Å². The summed E-state index contributed by atoms with van der Waals surface area (Å²) in [6.45, 7) is 1.90. The standard InChI is InChI=1S/C14H15ClFN3/c1-8-5-10(14(18)19-7-8)13(17)6-9-11(15)3-2-4-12(9)16/h2-5,7,13H,6,17H2,1H3,(H2,18,19). The number of halogens is 2. The second kappa shape index (κ2) is 5.55. The van der Waals surface area contributed by atoms with E-state index in [0.717, 1.165) is 5.56 Å². The Morgan fingerprint density at radius 2 is 2.16 bits per heavy atom. The number of aromatic nitrogens is 1. The SMILES string of the molecule is Cc1cnc(N)c(C(N)Cc2c(F)cccc2Cl)c1. The normalized spacial score (nSPS) is 12.4. The number of nitrogens with two attached hydrogens (primary N) is 2. The lowest BCUT2D eigenvalue weighted by Gasteiger charge is -2.15.